The summed E-state index contributed by atoms with van der Waals surface area (Å²) in [7, 11) is 0. The number of amides is 5. The lowest BCUT2D eigenvalue weighted by atomic mass is 9.92. The van der Waals surface area contributed by atoms with E-state index in [2.05, 4.69) is 40.7 Å². The lowest BCUT2D eigenvalue weighted by molar-refractivity contribution is -0.134. The van der Waals surface area contributed by atoms with Crippen molar-refractivity contribution >= 4 is 57.4 Å². The summed E-state index contributed by atoms with van der Waals surface area (Å²) in [5.74, 6) is -2.63. The highest BCUT2D eigenvalue weighted by atomic mass is 32.1. The van der Waals surface area contributed by atoms with Gasteiger partial charge in [-0.2, -0.15) is 0 Å². The quantitative estimate of drug-likeness (QED) is 0.157. The maximum atomic E-state index is 15.9. The molecule has 16 nitrogen and oxygen atoms in total. The fourth-order valence-electron chi connectivity index (χ4n) is 9.76. The number of imide groups is 1. The van der Waals surface area contributed by atoms with Crippen LogP contribution in [0, 0.1) is 11.6 Å². The summed E-state index contributed by atoms with van der Waals surface area (Å²) in [6.45, 7) is 4.68. The van der Waals surface area contributed by atoms with Crippen molar-refractivity contribution in [2.24, 2.45) is 0 Å². The van der Waals surface area contributed by atoms with Gasteiger partial charge in [-0.3, -0.25) is 44.5 Å². The van der Waals surface area contributed by atoms with Crippen LogP contribution in [0.3, 0.4) is 0 Å². The molecular weight excluding hydrogens is 857 g/mol. The molecule has 0 bridgehead atoms. The number of fused-ring (bicyclic) bond motifs is 2. The first-order valence-electron chi connectivity index (χ1n) is 22.0. The van der Waals surface area contributed by atoms with Crippen LogP contribution in [-0.2, 0) is 38.7 Å². The van der Waals surface area contributed by atoms with E-state index in [9.17, 15) is 24.0 Å². The number of imidazole rings is 1. The van der Waals surface area contributed by atoms with Crippen LogP contribution >= 0.6 is 11.3 Å². The van der Waals surface area contributed by atoms with Crippen LogP contribution in [0.5, 0.6) is 0 Å². The maximum Gasteiger partial charge on any atom is 0.255 e. The molecular formula is C46H47F2N11O5S. The van der Waals surface area contributed by atoms with Crippen molar-refractivity contribution in [2.45, 2.75) is 69.6 Å². The van der Waals surface area contributed by atoms with Gasteiger partial charge in [0.1, 0.15) is 17.7 Å². The number of hydrogen-bond acceptors (Lipinski definition) is 12. The van der Waals surface area contributed by atoms with Crippen molar-refractivity contribution in [1.29, 1.82) is 0 Å². The van der Waals surface area contributed by atoms with E-state index in [0.717, 1.165) is 36.3 Å². The summed E-state index contributed by atoms with van der Waals surface area (Å²) < 4.78 is 33.2. The number of piperidine rings is 2. The van der Waals surface area contributed by atoms with E-state index in [-0.39, 0.29) is 48.4 Å². The van der Waals surface area contributed by atoms with E-state index < -0.39 is 41.4 Å². The number of likely N-dealkylation sites (tertiary alicyclic amines) is 1. The van der Waals surface area contributed by atoms with Gasteiger partial charge in [0, 0.05) is 85.2 Å². The highest BCUT2D eigenvalue weighted by molar-refractivity contribution is 7.13. The monoisotopic (exact) mass is 903 g/mol. The van der Waals surface area contributed by atoms with Crippen LogP contribution in [-0.4, -0.2) is 116 Å². The van der Waals surface area contributed by atoms with Crippen molar-refractivity contribution in [3.63, 3.8) is 0 Å². The Balaban J connectivity index is 0.725. The number of carbonyl (C=O) groups is 5. The summed E-state index contributed by atoms with van der Waals surface area (Å²) in [6.07, 6.45) is 8.33. The number of nitrogens with one attached hydrogen (secondary N) is 3. The van der Waals surface area contributed by atoms with Crippen LogP contribution in [0.2, 0.25) is 0 Å². The number of piperazine rings is 1. The van der Waals surface area contributed by atoms with Gasteiger partial charge in [0.25, 0.3) is 11.8 Å². The van der Waals surface area contributed by atoms with Crippen LogP contribution in [0.4, 0.5) is 25.3 Å². The second-order valence-electron chi connectivity index (χ2n) is 17.2. The number of aryl methyl sites for hydroxylation is 1. The van der Waals surface area contributed by atoms with Crippen LogP contribution in [0.15, 0.2) is 66.6 Å². The lowest BCUT2D eigenvalue weighted by Crippen LogP contribution is -2.51. The molecule has 2 atom stereocenters. The van der Waals surface area contributed by atoms with E-state index in [1.54, 1.807) is 24.0 Å². The molecule has 10 rings (SSSR count). The fraction of sp³-hybridized carbons (Fsp3) is 0.391. The number of rotatable bonds is 11. The molecule has 3 N–H and O–H groups in total. The molecule has 3 aromatic heterocycles. The number of pyridine rings is 1. The van der Waals surface area contributed by atoms with Crippen LogP contribution < -0.4 is 20.9 Å². The zero-order valence-corrected chi connectivity index (χ0v) is 36.3. The Bertz CT molecular complexity index is 2660. The molecule has 3 saturated heterocycles. The first-order chi connectivity index (χ1) is 31.6. The molecule has 0 radical (unpaired) electrons. The third-order valence-corrected chi connectivity index (χ3v) is 14.0. The Kier molecular flexibility index (Phi) is 11.6. The maximum absolute atomic E-state index is 15.9. The van der Waals surface area contributed by atoms with E-state index in [4.69, 9.17) is 0 Å². The molecule has 19 heteroatoms. The molecule has 5 aliphatic rings. The first-order valence-corrected chi connectivity index (χ1v) is 22.9. The third-order valence-electron chi connectivity index (χ3n) is 13.3. The van der Waals surface area contributed by atoms with Gasteiger partial charge in [0.15, 0.2) is 11.2 Å². The number of anilines is 3. The number of thiazole rings is 1. The Morgan fingerprint density at radius 3 is 2.42 bits per heavy atom. The third kappa shape index (κ3) is 8.57. The number of benzene rings is 2. The van der Waals surface area contributed by atoms with E-state index in [1.165, 1.54) is 34.6 Å². The minimum atomic E-state index is -1.07. The van der Waals surface area contributed by atoms with Gasteiger partial charge in [-0.25, -0.2) is 18.7 Å². The molecule has 2 aromatic carbocycles. The van der Waals surface area contributed by atoms with E-state index >= 15 is 8.78 Å². The van der Waals surface area contributed by atoms with Crippen molar-refractivity contribution in [2.75, 3.05) is 61.3 Å². The average molecular weight is 904 g/mol. The normalized spacial score (nSPS) is 19.6. The number of carbonyl (C=O) groups excluding carboxylic acids is 5. The second kappa shape index (κ2) is 17.8. The Labute approximate surface area is 377 Å². The molecule has 3 fully saturated rings. The number of halogens is 2. The predicted molar refractivity (Wildman–Crippen MR) is 237 cm³/mol. The molecule has 0 spiro atoms. The highest BCUT2D eigenvalue weighted by Gasteiger charge is 2.42. The van der Waals surface area contributed by atoms with Crippen LogP contribution in [0.25, 0.3) is 11.1 Å². The van der Waals surface area contributed by atoms with E-state index in [0.29, 0.717) is 86.3 Å². The summed E-state index contributed by atoms with van der Waals surface area (Å²) in [4.78, 5) is 85.7. The van der Waals surface area contributed by atoms with Crippen molar-refractivity contribution in [1.82, 2.24) is 39.5 Å². The summed E-state index contributed by atoms with van der Waals surface area (Å²) in [5.41, 5.74) is 4.88. The molecule has 336 valence electrons. The molecule has 5 aliphatic heterocycles. The van der Waals surface area contributed by atoms with Gasteiger partial charge in [0.05, 0.1) is 42.7 Å². The molecule has 5 aromatic rings. The van der Waals surface area contributed by atoms with Gasteiger partial charge in [-0.15, -0.1) is 11.3 Å². The largest absolute Gasteiger partial charge is 0.372 e. The zero-order valence-electron chi connectivity index (χ0n) is 35.5. The van der Waals surface area contributed by atoms with Crippen molar-refractivity contribution in [3.8, 4) is 11.1 Å². The van der Waals surface area contributed by atoms with Crippen LogP contribution in [0.1, 0.15) is 77.1 Å². The standard InChI is InChI=1S/C46H47F2N11O5S/c47-34-21-29(20-32-33(34)24-59(45(32)64)42(44(63)54-46-49-11-19-65-46)41-37-2-1-12-58(37)26-51-41)27-3-5-31(6-4-27)56-15-17-57(18-16-56)39(61)25-55-13-9-28(10-14-55)40-35(48)22-30(23-50-40)52-36-7-8-38(60)53-43(36)62/h3-6,11,19-23,26,28,36,42,52H,1-2,7-10,12-18,24-25H2,(H,49,54,63)(H,53,60,62). The Morgan fingerprint density at radius 1 is 0.877 bits per heavy atom. The van der Waals surface area contributed by atoms with Gasteiger partial charge in [-0.1, -0.05) is 12.1 Å². The smallest absolute Gasteiger partial charge is 0.255 e. The van der Waals surface area contributed by atoms with Gasteiger partial charge >= 0.3 is 0 Å². The Morgan fingerprint density at radius 2 is 1.68 bits per heavy atom. The molecule has 2 unspecified atom stereocenters. The topological polar surface area (TPSA) is 178 Å². The summed E-state index contributed by atoms with van der Waals surface area (Å²) >= 11 is 1.27. The van der Waals surface area contributed by atoms with Gasteiger partial charge < -0.3 is 24.6 Å². The molecule has 8 heterocycles. The predicted octanol–water partition coefficient (Wildman–Crippen LogP) is 4.71. The highest BCUT2D eigenvalue weighted by Crippen LogP contribution is 2.38. The van der Waals surface area contributed by atoms with Crippen molar-refractivity contribution < 1.29 is 32.8 Å². The number of aromatic nitrogens is 4. The Hall–Kier alpha value is -6.60. The summed E-state index contributed by atoms with van der Waals surface area (Å²) in [6, 6.07) is 10.5. The second-order valence-corrected chi connectivity index (χ2v) is 18.1. The molecule has 65 heavy (non-hydrogen) atoms. The number of hydrogen-bond donors (Lipinski definition) is 3. The van der Waals surface area contributed by atoms with Gasteiger partial charge in [0.2, 0.25) is 17.7 Å². The fourth-order valence-corrected chi connectivity index (χ4v) is 10.3. The minimum absolute atomic E-state index is 0.0543. The minimum Gasteiger partial charge on any atom is -0.372 e. The number of nitrogens with zero attached hydrogens (tertiary/aromatic N) is 8. The summed E-state index contributed by atoms with van der Waals surface area (Å²) in [5, 5.41) is 10.2. The SMILES string of the molecule is O=C1CCC(Nc2cnc(C3CCN(CC(=O)N4CCN(c5ccc(-c6cc(F)c7c(c6)C(=O)N(C(C(=O)Nc6nccs6)c6ncn8c6CCC8)C7)cc5)CC4)CC3)c(F)c2)C(=O)N1. The zero-order chi connectivity index (χ0) is 44.8. The first kappa shape index (κ1) is 42.4. The molecule has 5 amide bonds. The van der Waals surface area contributed by atoms with Crippen molar-refractivity contribution in [3.05, 3.63) is 106 Å². The molecule has 0 saturated carbocycles. The molecule has 0 aliphatic carbocycles. The van der Waals surface area contributed by atoms with E-state index in [1.807, 2.05) is 33.7 Å². The lowest BCUT2D eigenvalue weighted by Gasteiger charge is -2.38. The average Bonchev–Trinajstić information content (AvgIpc) is 4.13. The van der Waals surface area contributed by atoms with Gasteiger partial charge in [-0.05, 0) is 80.6 Å².